The number of amides is 1. The predicted molar refractivity (Wildman–Crippen MR) is 92.9 cm³/mol. The zero-order chi connectivity index (χ0) is 16.2. The Morgan fingerprint density at radius 3 is 2.74 bits per heavy atom. The van der Waals surface area contributed by atoms with E-state index in [-0.39, 0.29) is 5.91 Å². The van der Waals surface area contributed by atoms with E-state index < -0.39 is 0 Å². The van der Waals surface area contributed by atoms with Gasteiger partial charge in [0.25, 0.3) is 5.91 Å². The van der Waals surface area contributed by atoms with Crippen LogP contribution in [-0.4, -0.2) is 22.3 Å². The fourth-order valence-electron chi connectivity index (χ4n) is 2.04. The molecule has 0 aliphatic heterocycles. The van der Waals surface area contributed by atoms with Gasteiger partial charge < -0.3 is 0 Å². The van der Waals surface area contributed by atoms with Crippen LogP contribution in [0.25, 0.3) is 11.3 Å². The van der Waals surface area contributed by atoms with Crippen LogP contribution < -0.4 is 5.43 Å². The highest BCUT2D eigenvalue weighted by atomic mass is 32.1. The summed E-state index contributed by atoms with van der Waals surface area (Å²) in [5.41, 5.74) is 6.89. The minimum absolute atomic E-state index is 0.318. The van der Waals surface area contributed by atoms with Gasteiger partial charge in [0, 0.05) is 10.4 Å². The number of carbonyl (C=O) groups excluding carboxylic acids is 1. The number of aromatic nitrogens is 2. The summed E-state index contributed by atoms with van der Waals surface area (Å²) in [7, 11) is 0. The number of aromatic amines is 1. The molecule has 2 aromatic heterocycles. The van der Waals surface area contributed by atoms with Crippen LogP contribution >= 0.6 is 11.3 Å². The maximum atomic E-state index is 12.1. The number of carbonyl (C=O) groups is 1. The first kappa shape index (κ1) is 15.2. The third kappa shape index (κ3) is 3.54. The van der Waals surface area contributed by atoms with E-state index in [0.717, 1.165) is 21.7 Å². The Kier molecular flexibility index (Phi) is 4.34. The van der Waals surface area contributed by atoms with Crippen molar-refractivity contribution in [2.75, 3.05) is 0 Å². The van der Waals surface area contributed by atoms with Gasteiger partial charge >= 0.3 is 0 Å². The third-order valence-electron chi connectivity index (χ3n) is 3.42. The molecule has 0 aliphatic carbocycles. The summed E-state index contributed by atoms with van der Waals surface area (Å²) >= 11 is 1.58. The zero-order valence-electron chi connectivity index (χ0n) is 12.8. The molecule has 0 spiro atoms. The molecule has 5 nitrogen and oxygen atoms in total. The van der Waals surface area contributed by atoms with Crippen molar-refractivity contribution in [1.29, 1.82) is 0 Å². The molecule has 1 amide bonds. The molecule has 3 aromatic rings. The van der Waals surface area contributed by atoms with Crippen molar-refractivity contribution in [3.05, 3.63) is 63.5 Å². The van der Waals surface area contributed by atoms with E-state index in [4.69, 9.17) is 0 Å². The second-order valence-electron chi connectivity index (χ2n) is 5.20. The average Bonchev–Trinajstić information content (AvgIpc) is 3.18. The predicted octanol–water partition coefficient (Wildman–Crippen LogP) is 3.52. The molecule has 2 heterocycles. The third-order valence-corrected chi connectivity index (χ3v) is 4.37. The van der Waals surface area contributed by atoms with Crippen molar-refractivity contribution >= 4 is 23.5 Å². The van der Waals surface area contributed by atoms with Gasteiger partial charge in [0.1, 0.15) is 5.69 Å². The molecule has 1 aromatic carbocycles. The molecule has 0 aliphatic rings. The normalized spacial score (nSPS) is 11.0. The SMILES string of the molecule is Cc1ccc(-c2cc(C(=O)N/N=C\c3sccc3C)[nH]n2)cc1. The maximum Gasteiger partial charge on any atom is 0.289 e. The van der Waals surface area contributed by atoms with E-state index in [1.165, 1.54) is 5.56 Å². The van der Waals surface area contributed by atoms with Crippen molar-refractivity contribution in [1.82, 2.24) is 15.6 Å². The number of thiophene rings is 1. The standard InChI is InChI=1S/C17H16N4OS/c1-11-3-5-13(6-4-11)14-9-15(20-19-14)17(22)21-18-10-16-12(2)7-8-23-16/h3-10H,1-2H3,(H,19,20)(H,21,22)/b18-10-. The van der Waals surface area contributed by atoms with Gasteiger partial charge in [-0.3, -0.25) is 9.89 Å². The first-order valence-corrected chi connectivity index (χ1v) is 8.01. The summed E-state index contributed by atoms with van der Waals surface area (Å²) < 4.78 is 0. The summed E-state index contributed by atoms with van der Waals surface area (Å²) in [4.78, 5) is 13.1. The molecule has 3 rings (SSSR count). The summed E-state index contributed by atoms with van der Waals surface area (Å²) in [6.07, 6.45) is 1.65. The van der Waals surface area contributed by atoms with Crippen LogP contribution in [0.15, 0.2) is 46.9 Å². The number of hydrazone groups is 1. The molecular weight excluding hydrogens is 308 g/mol. The van der Waals surface area contributed by atoms with Crippen LogP contribution in [0.4, 0.5) is 0 Å². The van der Waals surface area contributed by atoms with Crippen molar-refractivity contribution in [2.24, 2.45) is 5.10 Å². The fraction of sp³-hybridized carbons (Fsp3) is 0.118. The number of rotatable bonds is 4. The Labute approximate surface area is 138 Å². The molecule has 0 bridgehead atoms. The molecule has 23 heavy (non-hydrogen) atoms. The smallest absolute Gasteiger partial charge is 0.272 e. The van der Waals surface area contributed by atoms with Gasteiger partial charge in [0.2, 0.25) is 0 Å². The van der Waals surface area contributed by atoms with E-state index in [1.807, 2.05) is 49.6 Å². The van der Waals surface area contributed by atoms with Gasteiger partial charge in [0.05, 0.1) is 11.9 Å². The monoisotopic (exact) mass is 324 g/mol. The number of benzene rings is 1. The molecule has 0 atom stereocenters. The lowest BCUT2D eigenvalue weighted by Gasteiger charge is -1.96. The Morgan fingerprint density at radius 2 is 2.04 bits per heavy atom. The molecular formula is C17H16N4OS. The molecule has 0 fully saturated rings. The van der Waals surface area contributed by atoms with Gasteiger partial charge in [-0.1, -0.05) is 29.8 Å². The number of hydrogen-bond acceptors (Lipinski definition) is 4. The summed E-state index contributed by atoms with van der Waals surface area (Å²) in [5, 5.41) is 12.9. The minimum Gasteiger partial charge on any atom is -0.272 e. The van der Waals surface area contributed by atoms with E-state index in [0.29, 0.717) is 5.69 Å². The molecule has 0 saturated heterocycles. The second-order valence-corrected chi connectivity index (χ2v) is 6.15. The summed E-state index contributed by atoms with van der Waals surface area (Å²) in [5.74, 6) is -0.318. The first-order valence-electron chi connectivity index (χ1n) is 7.13. The maximum absolute atomic E-state index is 12.1. The van der Waals surface area contributed by atoms with Crippen LogP contribution in [0.5, 0.6) is 0 Å². The topological polar surface area (TPSA) is 70.1 Å². The number of aryl methyl sites for hydroxylation is 2. The Bertz CT molecular complexity index is 846. The highest BCUT2D eigenvalue weighted by Gasteiger charge is 2.10. The highest BCUT2D eigenvalue weighted by molar-refractivity contribution is 7.11. The summed E-state index contributed by atoms with van der Waals surface area (Å²) in [6.45, 7) is 4.03. The molecule has 0 unspecified atom stereocenters. The quantitative estimate of drug-likeness (QED) is 0.569. The van der Waals surface area contributed by atoms with E-state index in [1.54, 1.807) is 23.6 Å². The van der Waals surface area contributed by atoms with Gasteiger partial charge in [0.15, 0.2) is 0 Å². The molecule has 6 heteroatoms. The molecule has 116 valence electrons. The average molecular weight is 324 g/mol. The summed E-state index contributed by atoms with van der Waals surface area (Å²) in [6, 6.07) is 11.7. The van der Waals surface area contributed by atoms with Crippen molar-refractivity contribution in [3.63, 3.8) is 0 Å². The van der Waals surface area contributed by atoms with E-state index in [9.17, 15) is 4.79 Å². The van der Waals surface area contributed by atoms with Gasteiger partial charge in [-0.25, -0.2) is 5.43 Å². The van der Waals surface area contributed by atoms with E-state index >= 15 is 0 Å². The van der Waals surface area contributed by atoms with Gasteiger partial charge in [-0.05, 0) is 36.9 Å². The fourth-order valence-corrected chi connectivity index (χ4v) is 2.82. The van der Waals surface area contributed by atoms with Crippen LogP contribution in [0.3, 0.4) is 0 Å². The van der Waals surface area contributed by atoms with Gasteiger partial charge in [-0.2, -0.15) is 10.2 Å². The van der Waals surface area contributed by atoms with Gasteiger partial charge in [-0.15, -0.1) is 11.3 Å². The second kappa shape index (κ2) is 6.58. The van der Waals surface area contributed by atoms with Crippen molar-refractivity contribution in [2.45, 2.75) is 13.8 Å². The Balaban J connectivity index is 1.68. The largest absolute Gasteiger partial charge is 0.289 e. The van der Waals surface area contributed by atoms with Crippen molar-refractivity contribution in [3.8, 4) is 11.3 Å². The van der Waals surface area contributed by atoms with E-state index in [2.05, 4.69) is 20.7 Å². The lowest BCUT2D eigenvalue weighted by Crippen LogP contribution is -2.17. The number of hydrogen-bond donors (Lipinski definition) is 2. The Hall–Kier alpha value is -2.73. The molecule has 2 N–H and O–H groups in total. The van der Waals surface area contributed by atoms with Crippen LogP contribution in [0.1, 0.15) is 26.5 Å². The lowest BCUT2D eigenvalue weighted by molar-refractivity contribution is 0.0950. The van der Waals surface area contributed by atoms with Crippen LogP contribution in [-0.2, 0) is 0 Å². The molecule has 0 saturated carbocycles. The molecule has 0 radical (unpaired) electrons. The van der Waals surface area contributed by atoms with Crippen molar-refractivity contribution < 1.29 is 4.79 Å². The minimum atomic E-state index is -0.318. The first-order chi connectivity index (χ1) is 11.1. The number of nitrogens with one attached hydrogen (secondary N) is 2. The lowest BCUT2D eigenvalue weighted by atomic mass is 10.1. The van der Waals surface area contributed by atoms with Crippen LogP contribution in [0.2, 0.25) is 0 Å². The zero-order valence-corrected chi connectivity index (χ0v) is 13.6. The Morgan fingerprint density at radius 1 is 1.26 bits per heavy atom. The van der Waals surface area contributed by atoms with Crippen LogP contribution in [0, 0.1) is 13.8 Å². The highest BCUT2D eigenvalue weighted by Crippen LogP contribution is 2.18. The number of nitrogens with zero attached hydrogens (tertiary/aromatic N) is 2. The number of H-pyrrole nitrogens is 1.